The number of cyclic esters (lactones) is 1. The molecular weight excluding hydrogens is 515 g/mol. The number of nitrogens with one attached hydrogen (secondary N) is 1. The predicted molar refractivity (Wildman–Crippen MR) is 129 cm³/mol. The lowest BCUT2D eigenvalue weighted by atomic mass is 9.91. The van der Waals surface area contributed by atoms with E-state index in [1.807, 2.05) is 0 Å². The van der Waals surface area contributed by atoms with Gasteiger partial charge in [-0.3, -0.25) is 0 Å². The maximum absolute atomic E-state index is 13.9. The van der Waals surface area contributed by atoms with Crippen molar-refractivity contribution in [1.29, 1.82) is 0 Å². The first kappa shape index (κ1) is 23.5. The van der Waals surface area contributed by atoms with Crippen LogP contribution in [0.2, 0.25) is 10.0 Å². The maximum atomic E-state index is 13.9. The van der Waals surface area contributed by atoms with E-state index in [0.29, 0.717) is 10.6 Å². The lowest BCUT2D eigenvalue weighted by Crippen LogP contribution is -2.56. The fraction of sp³-hybridized carbons (Fsp3) is 0.167. The molecule has 2 heterocycles. The van der Waals surface area contributed by atoms with Gasteiger partial charge in [0.25, 0.3) is 10.0 Å². The van der Waals surface area contributed by atoms with Crippen LogP contribution in [0, 0.1) is 6.92 Å². The van der Waals surface area contributed by atoms with E-state index in [4.69, 9.17) is 32.7 Å². The summed E-state index contributed by atoms with van der Waals surface area (Å²) in [5, 5.41) is 3.04. The molecule has 35 heavy (non-hydrogen) atoms. The van der Waals surface area contributed by atoms with Gasteiger partial charge in [0.2, 0.25) is 6.23 Å². The van der Waals surface area contributed by atoms with E-state index in [0.717, 1.165) is 9.87 Å². The number of anilines is 1. The summed E-state index contributed by atoms with van der Waals surface area (Å²) in [4.78, 5) is 25.5. The van der Waals surface area contributed by atoms with Crippen molar-refractivity contribution in [3.63, 3.8) is 0 Å². The molecule has 3 aromatic rings. The molecule has 0 bridgehead atoms. The van der Waals surface area contributed by atoms with Gasteiger partial charge in [-0.05, 0) is 48.9 Å². The topological polar surface area (TPSA) is 102 Å². The Bertz CT molecular complexity index is 1460. The number of esters is 1. The molecule has 5 rings (SSSR count). The molecule has 2 aliphatic heterocycles. The number of halogens is 2. The number of alkyl carbamates (subject to hydrolysis) is 1. The van der Waals surface area contributed by atoms with Crippen LogP contribution in [-0.4, -0.2) is 33.3 Å². The standard InChI is InChI=1S/C24H18Cl2N2O6S/c1-14-7-10-18-20(11-14)28(35(31,32)16-5-3-2-4-6-16)22(24(18)13-33-23(30)27-24)34-21(29)17-9-8-15(25)12-19(17)26/h2-12,22H,13H2,1H3,(H,27,30)/t22-,24-/m1/s1. The minimum Gasteiger partial charge on any atom is -0.446 e. The van der Waals surface area contributed by atoms with Gasteiger partial charge in [-0.2, -0.15) is 0 Å². The fourth-order valence-electron chi connectivity index (χ4n) is 4.30. The van der Waals surface area contributed by atoms with E-state index in [-0.39, 0.29) is 27.8 Å². The van der Waals surface area contributed by atoms with Crippen molar-refractivity contribution in [3.05, 3.63) is 93.5 Å². The highest BCUT2D eigenvalue weighted by molar-refractivity contribution is 7.92. The van der Waals surface area contributed by atoms with Gasteiger partial charge in [0, 0.05) is 10.6 Å². The van der Waals surface area contributed by atoms with Crippen molar-refractivity contribution < 1.29 is 27.5 Å². The van der Waals surface area contributed by atoms with Crippen molar-refractivity contribution >= 4 is 51.0 Å². The second-order valence-electron chi connectivity index (χ2n) is 8.19. The van der Waals surface area contributed by atoms with Crippen molar-refractivity contribution in [2.45, 2.75) is 23.6 Å². The lowest BCUT2D eigenvalue weighted by molar-refractivity contribution is 0.00814. The number of amides is 1. The molecule has 8 nitrogen and oxygen atoms in total. The Labute approximate surface area is 211 Å². The number of ether oxygens (including phenoxy) is 2. The van der Waals surface area contributed by atoms with Gasteiger partial charge < -0.3 is 14.8 Å². The monoisotopic (exact) mass is 532 g/mol. The van der Waals surface area contributed by atoms with Crippen LogP contribution < -0.4 is 9.62 Å². The molecule has 0 aromatic heterocycles. The number of hydrogen-bond acceptors (Lipinski definition) is 6. The average molecular weight is 533 g/mol. The molecule has 0 radical (unpaired) electrons. The average Bonchev–Trinajstić information content (AvgIpc) is 3.32. The van der Waals surface area contributed by atoms with Crippen LogP contribution in [0.5, 0.6) is 0 Å². The Hall–Kier alpha value is -3.27. The van der Waals surface area contributed by atoms with Crippen LogP contribution in [0.15, 0.2) is 71.6 Å². The highest BCUT2D eigenvalue weighted by Crippen LogP contribution is 2.49. The molecule has 1 amide bonds. The molecule has 0 aliphatic carbocycles. The Morgan fingerprint density at radius 1 is 1.11 bits per heavy atom. The normalized spacial score (nSPS) is 20.9. The number of nitrogens with zero attached hydrogens (tertiary/aromatic N) is 1. The first-order valence-electron chi connectivity index (χ1n) is 10.4. The zero-order valence-electron chi connectivity index (χ0n) is 18.2. The zero-order chi connectivity index (χ0) is 25.0. The third-order valence-corrected chi connectivity index (χ3v) is 8.25. The van der Waals surface area contributed by atoms with Crippen molar-refractivity contribution in [1.82, 2.24) is 5.32 Å². The number of hydrogen-bond donors (Lipinski definition) is 1. The van der Waals surface area contributed by atoms with Crippen LogP contribution in [0.3, 0.4) is 0 Å². The molecular formula is C24H18Cl2N2O6S. The smallest absolute Gasteiger partial charge is 0.408 e. The number of fused-ring (bicyclic) bond motifs is 2. The van der Waals surface area contributed by atoms with Gasteiger partial charge in [0.15, 0.2) is 5.54 Å². The molecule has 1 N–H and O–H groups in total. The summed E-state index contributed by atoms with van der Waals surface area (Å²) in [7, 11) is -4.25. The lowest BCUT2D eigenvalue weighted by Gasteiger charge is -2.33. The zero-order valence-corrected chi connectivity index (χ0v) is 20.5. The number of carbonyl (C=O) groups excluding carboxylic acids is 2. The van der Waals surface area contributed by atoms with Crippen LogP contribution in [0.4, 0.5) is 10.5 Å². The summed E-state index contributed by atoms with van der Waals surface area (Å²) in [6.45, 7) is 1.55. The molecule has 1 saturated heterocycles. The first-order valence-corrected chi connectivity index (χ1v) is 12.6. The molecule has 2 aliphatic rings. The molecule has 3 aromatic carbocycles. The molecule has 2 atom stereocenters. The SMILES string of the molecule is Cc1ccc2c(c1)N(S(=O)(=O)c1ccccc1)[C@H](OC(=O)c1ccc(Cl)cc1Cl)[C@@]21COC(=O)N1. The van der Waals surface area contributed by atoms with E-state index in [9.17, 15) is 18.0 Å². The summed E-state index contributed by atoms with van der Waals surface area (Å²) < 4.78 is 39.9. The Kier molecular flexibility index (Phi) is 5.66. The van der Waals surface area contributed by atoms with Crippen molar-refractivity contribution in [2.75, 3.05) is 10.9 Å². The van der Waals surface area contributed by atoms with Crippen LogP contribution in [0.25, 0.3) is 0 Å². The number of carbonyl (C=O) groups is 2. The summed E-state index contributed by atoms with van der Waals surface area (Å²) in [5.41, 5.74) is -0.0184. The van der Waals surface area contributed by atoms with Gasteiger partial charge in [0.05, 0.1) is 21.2 Å². The minimum atomic E-state index is -4.25. The highest BCUT2D eigenvalue weighted by Gasteiger charge is 2.61. The van der Waals surface area contributed by atoms with Crippen molar-refractivity contribution in [2.24, 2.45) is 0 Å². The summed E-state index contributed by atoms with van der Waals surface area (Å²) in [6, 6.07) is 17.1. The van der Waals surface area contributed by atoms with Gasteiger partial charge in [-0.25, -0.2) is 22.3 Å². The molecule has 11 heteroatoms. The first-order chi connectivity index (χ1) is 16.6. The van der Waals surface area contributed by atoms with E-state index in [1.165, 1.54) is 30.3 Å². The minimum absolute atomic E-state index is 0.0133. The molecule has 0 saturated carbocycles. The second-order valence-corrected chi connectivity index (χ2v) is 10.8. The van der Waals surface area contributed by atoms with E-state index in [1.54, 1.807) is 43.3 Å². The molecule has 180 valence electrons. The van der Waals surface area contributed by atoms with Gasteiger partial charge in [-0.15, -0.1) is 0 Å². The van der Waals surface area contributed by atoms with E-state index < -0.39 is 33.9 Å². The summed E-state index contributed by atoms with van der Waals surface area (Å²) in [5.74, 6) is -0.894. The highest BCUT2D eigenvalue weighted by atomic mass is 35.5. The van der Waals surface area contributed by atoms with Gasteiger partial charge in [-0.1, -0.05) is 53.5 Å². The maximum Gasteiger partial charge on any atom is 0.408 e. The Balaban J connectivity index is 1.69. The third kappa shape index (κ3) is 3.80. The quantitative estimate of drug-likeness (QED) is 0.491. The Morgan fingerprint density at radius 3 is 2.51 bits per heavy atom. The second kappa shape index (κ2) is 8.44. The number of rotatable bonds is 4. The van der Waals surface area contributed by atoms with E-state index >= 15 is 0 Å². The van der Waals surface area contributed by atoms with E-state index in [2.05, 4.69) is 5.32 Å². The number of benzene rings is 3. The van der Waals surface area contributed by atoms with Crippen LogP contribution >= 0.6 is 23.2 Å². The van der Waals surface area contributed by atoms with Crippen LogP contribution in [0.1, 0.15) is 21.5 Å². The fourth-order valence-corrected chi connectivity index (χ4v) is 6.40. The summed E-state index contributed by atoms with van der Waals surface area (Å²) in [6.07, 6.45) is -2.27. The molecule has 1 spiro atoms. The van der Waals surface area contributed by atoms with Gasteiger partial charge >= 0.3 is 12.1 Å². The van der Waals surface area contributed by atoms with Gasteiger partial charge in [0.1, 0.15) is 6.61 Å². The third-order valence-electron chi connectivity index (χ3n) is 5.93. The molecule has 1 fully saturated rings. The number of sulfonamides is 1. The van der Waals surface area contributed by atoms with Crippen LogP contribution in [-0.2, 0) is 25.0 Å². The molecule has 0 unspecified atom stereocenters. The van der Waals surface area contributed by atoms with Crippen molar-refractivity contribution in [3.8, 4) is 0 Å². The predicted octanol–water partition coefficient (Wildman–Crippen LogP) is 4.63. The Morgan fingerprint density at radius 2 is 1.86 bits per heavy atom. The number of aryl methyl sites for hydroxylation is 1. The summed E-state index contributed by atoms with van der Waals surface area (Å²) >= 11 is 12.1. The largest absolute Gasteiger partial charge is 0.446 e.